The molecule has 3 N–H and O–H groups in total. The normalized spacial score (nSPS) is 10.1. The number of benzene rings is 2. The number of rotatable bonds is 2. The van der Waals surface area contributed by atoms with Gasteiger partial charge in [-0.25, -0.2) is 4.39 Å². The smallest absolute Gasteiger partial charge is 0.132 e. The molecule has 2 rings (SSSR count). The standard InChI is InChI=1S/C13H11FN2/c14-11-7-3-1-5-9(11)13(16)10-6-2-4-8-12(10)15/h1-8,16H,15H2. The number of hydrogen-bond acceptors (Lipinski definition) is 2. The minimum Gasteiger partial charge on any atom is -0.398 e. The second-order valence-corrected chi connectivity index (χ2v) is 3.44. The van der Waals surface area contributed by atoms with Crippen LogP contribution in [0, 0.1) is 11.2 Å². The van der Waals surface area contributed by atoms with Gasteiger partial charge in [0.15, 0.2) is 0 Å². The molecule has 3 heteroatoms. The van der Waals surface area contributed by atoms with Gasteiger partial charge in [-0.3, -0.25) is 5.41 Å². The molecule has 2 aromatic rings. The molecular formula is C13H11FN2. The van der Waals surface area contributed by atoms with Gasteiger partial charge in [0, 0.05) is 16.8 Å². The summed E-state index contributed by atoms with van der Waals surface area (Å²) in [6.45, 7) is 0. The lowest BCUT2D eigenvalue weighted by Gasteiger charge is -2.07. The molecule has 0 saturated heterocycles. The van der Waals surface area contributed by atoms with Crippen molar-refractivity contribution in [1.29, 1.82) is 5.41 Å². The maximum atomic E-state index is 13.5. The second-order valence-electron chi connectivity index (χ2n) is 3.44. The van der Waals surface area contributed by atoms with Crippen LogP contribution in [0.15, 0.2) is 48.5 Å². The van der Waals surface area contributed by atoms with Gasteiger partial charge in [-0.15, -0.1) is 0 Å². The number of halogens is 1. The molecule has 0 bridgehead atoms. The highest BCUT2D eigenvalue weighted by Gasteiger charge is 2.11. The summed E-state index contributed by atoms with van der Waals surface area (Å²) in [6.07, 6.45) is 0. The Hall–Kier alpha value is -2.16. The average molecular weight is 214 g/mol. The molecule has 0 aliphatic heterocycles. The van der Waals surface area contributed by atoms with Crippen molar-refractivity contribution in [3.8, 4) is 0 Å². The predicted octanol–water partition coefficient (Wildman–Crippen LogP) is 2.82. The number of nitrogen functional groups attached to an aromatic ring is 1. The minimum absolute atomic E-state index is 0.108. The Kier molecular flexibility index (Phi) is 2.68. The van der Waals surface area contributed by atoms with Crippen LogP contribution in [-0.4, -0.2) is 5.71 Å². The van der Waals surface area contributed by atoms with Crippen molar-refractivity contribution in [1.82, 2.24) is 0 Å². The van der Waals surface area contributed by atoms with Crippen molar-refractivity contribution in [3.05, 3.63) is 65.5 Å². The Morgan fingerprint density at radius 2 is 1.50 bits per heavy atom. The van der Waals surface area contributed by atoms with Crippen molar-refractivity contribution in [2.24, 2.45) is 0 Å². The molecule has 0 radical (unpaired) electrons. The Morgan fingerprint density at radius 1 is 0.938 bits per heavy atom. The summed E-state index contributed by atoms with van der Waals surface area (Å²) in [6, 6.07) is 13.2. The van der Waals surface area contributed by atoms with Crippen LogP contribution in [-0.2, 0) is 0 Å². The van der Waals surface area contributed by atoms with Gasteiger partial charge in [-0.2, -0.15) is 0 Å². The van der Waals surface area contributed by atoms with Crippen molar-refractivity contribution in [2.75, 3.05) is 5.73 Å². The van der Waals surface area contributed by atoms with Crippen LogP contribution in [0.4, 0.5) is 10.1 Å². The van der Waals surface area contributed by atoms with Gasteiger partial charge < -0.3 is 5.73 Å². The number of para-hydroxylation sites is 1. The monoisotopic (exact) mass is 214 g/mol. The van der Waals surface area contributed by atoms with Crippen molar-refractivity contribution in [3.63, 3.8) is 0 Å². The summed E-state index contributed by atoms with van der Waals surface area (Å²) in [5.41, 5.74) is 7.15. The number of nitrogens with one attached hydrogen (secondary N) is 1. The van der Waals surface area contributed by atoms with E-state index in [1.165, 1.54) is 6.07 Å². The summed E-state index contributed by atoms with van der Waals surface area (Å²) in [4.78, 5) is 0. The van der Waals surface area contributed by atoms with Gasteiger partial charge in [0.1, 0.15) is 5.82 Å². The first-order chi connectivity index (χ1) is 7.70. The molecule has 0 aromatic heterocycles. The van der Waals surface area contributed by atoms with E-state index in [1.54, 1.807) is 42.5 Å². The molecule has 0 aliphatic carbocycles. The highest BCUT2D eigenvalue weighted by atomic mass is 19.1. The highest BCUT2D eigenvalue weighted by Crippen LogP contribution is 2.17. The van der Waals surface area contributed by atoms with E-state index in [9.17, 15) is 4.39 Å². The molecule has 16 heavy (non-hydrogen) atoms. The first-order valence-corrected chi connectivity index (χ1v) is 4.88. The second kappa shape index (κ2) is 4.14. The first-order valence-electron chi connectivity index (χ1n) is 4.88. The fourth-order valence-electron chi connectivity index (χ4n) is 1.53. The Balaban J connectivity index is 2.48. The van der Waals surface area contributed by atoms with Gasteiger partial charge in [0.05, 0.1) is 5.71 Å². The number of hydrogen-bond donors (Lipinski definition) is 2. The fraction of sp³-hybridized carbons (Fsp3) is 0. The molecule has 0 unspecified atom stereocenters. The lowest BCUT2D eigenvalue weighted by atomic mass is 10.0. The lowest BCUT2D eigenvalue weighted by molar-refractivity contribution is 0.625. The maximum Gasteiger partial charge on any atom is 0.132 e. The fourth-order valence-corrected chi connectivity index (χ4v) is 1.53. The molecule has 0 aliphatic rings. The summed E-state index contributed by atoms with van der Waals surface area (Å²) in [5, 5.41) is 7.93. The Morgan fingerprint density at radius 3 is 2.12 bits per heavy atom. The highest BCUT2D eigenvalue weighted by molar-refractivity contribution is 6.13. The minimum atomic E-state index is -0.407. The zero-order chi connectivity index (χ0) is 11.5. The maximum absolute atomic E-state index is 13.5. The van der Waals surface area contributed by atoms with Gasteiger partial charge in [-0.1, -0.05) is 30.3 Å². The molecule has 0 spiro atoms. The van der Waals surface area contributed by atoms with E-state index >= 15 is 0 Å². The Labute approximate surface area is 93.0 Å². The summed E-state index contributed by atoms with van der Waals surface area (Å²) >= 11 is 0. The number of nitrogens with two attached hydrogens (primary N) is 1. The summed E-state index contributed by atoms with van der Waals surface area (Å²) < 4.78 is 13.5. The molecule has 80 valence electrons. The van der Waals surface area contributed by atoms with Gasteiger partial charge in [-0.05, 0) is 18.2 Å². The molecule has 0 heterocycles. The zero-order valence-electron chi connectivity index (χ0n) is 8.57. The third-order valence-corrected chi connectivity index (χ3v) is 2.37. The third kappa shape index (κ3) is 1.80. The average Bonchev–Trinajstić information content (AvgIpc) is 2.29. The SMILES string of the molecule is N=C(c1ccccc1N)c1ccccc1F. The van der Waals surface area contributed by atoms with E-state index in [4.69, 9.17) is 11.1 Å². The van der Waals surface area contributed by atoms with E-state index < -0.39 is 5.82 Å². The summed E-state index contributed by atoms with van der Waals surface area (Å²) in [7, 11) is 0. The van der Waals surface area contributed by atoms with E-state index in [2.05, 4.69) is 0 Å². The molecule has 2 nitrogen and oxygen atoms in total. The summed E-state index contributed by atoms with van der Waals surface area (Å²) in [5.74, 6) is -0.407. The van der Waals surface area contributed by atoms with Crippen molar-refractivity contribution in [2.45, 2.75) is 0 Å². The predicted molar refractivity (Wildman–Crippen MR) is 63.2 cm³/mol. The number of anilines is 1. The lowest BCUT2D eigenvalue weighted by Crippen LogP contribution is -2.07. The van der Waals surface area contributed by atoms with Crippen LogP contribution in [0.2, 0.25) is 0 Å². The van der Waals surface area contributed by atoms with Crippen LogP contribution < -0.4 is 5.73 Å². The van der Waals surface area contributed by atoms with Crippen LogP contribution >= 0.6 is 0 Å². The molecule has 0 saturated carbocycles. The molecular weight excluding hydrogens is 203 g/mol. The molecule has 0 amide bonds. The van der Waals surface area contributed by atoms with Crippen LogP contribution in [0.1, 0.15) is 11.1 Å². The van der Waals surface area contributed by atoms with E-state index in [1.807, 2.05) is 0 Å². The third-order valence-electron chi connectivity index (χ3n) is 2.37. The van der Waals surface area contributed by atoms with Crippen LogP contribution in [0.25, 0.3) is 0 Å². The Bertz CT molecular complexity index is 487. The van der Waals surface area contributed by atoms with Crippen LogP contribution in [0.5, 0.6) is 0 Å². The van der Waals surface area contributed by atoms with Gasteiger partial charge in [0.2, 0.25) is 0 Å². The van der Waals surface area contributed by atoms with E-state index in [-0.39, 0.29) is 11.3 Å². The molecule has 0 atom stereocenters. The first kappa shape index (κ1) is 10.4. The van der Waals surface area contributed by atoms with E-state index in [0.29, 0.717) is 11.3 Å². The molecule has 2 aromatic carbocycles. The topological polar surface area (TPSA) is 49.9 Å². The van der Waals surface area contributed by atoms with E-state index in [0.717, 1.165) is 0 Å². The van der Waals surface area contributed by atoms with Crippen molar-refractivity contribution >= 4 is 11.4 Å². The van der Waals surface area contributed by atoms with Crippen LogP contribution in [0.3, 0.4) is 0 Å². The molecule has 0 fully saturated rings. The largest absolute Gasteiger partial charge is 0.398 e. The van der Waals surface area contributed by atoms with Crippen molar-refractivity contribution < 1.29 is 4.39 Å². The zero-order valence-corrected chi connectivity index (χ0v) is 8.57. The van der Waals surface area contributed by atoms with Gasteiger partial charge in [0.25, 0.3) is 0 Å². The quantitative estimate of drug-likeness (QED) is 0.586. The van der Waals surface area contributed by atoms with Gasteiger partial charge >= 0.3 is 0 Å².